The van der Waals surface area contributed by atoms with Gasteiger partial charge in [-0.2, -0.15) is 5.26 Å². The van der Waals surface area contributed by atoms with Crippen LogP contribution in [0, 0.1) is 46.3 Å². The third kappa shape index (κ3) is 4.43. The molecule has 0 N–H and O–H groups in total. The van der Waals surface area contributed by atoms with E-state index in [-0.39, 0.29) is 5.41 Å². The summed E-state index contributed by atoms with van der Waals surface area (Å²) in [4.78, 5) is 0. The first-order valence-corrected chi connectivity index (χ1v) is 11.6. The van der Waals surface area contributed by atoms with Gasteiger partial charge in [0.05, 0.1) is 11.5 Å². The molecular formula is C24H41N. The lowest BCUT2D eigenvalue weighted by Crippen LogP contribution is -2.43. The van der Waals surface area contributed by atoms with Gasteiger partial charge in [-0.3, -0.25) is 0 Å². The van der Waals surface area contributed by atoms with Gasteiger partial charge in [-0.1, -0.05) is 58.8 Å². The van der Waals surface area contributed by atoms with Crippen molar-refractivity contribution in [2.75, 3.05) is 0 Å². The molecule has 0 aromatic carbocycles. The molecule has 0 aromatic rings. The van der Waals surface area contributed by atoms with Crippen molar-refractivity contribution in [2.45, 2.75) is 110 Å². The second-order valence-corrected chi connectivity index (χ2v) is 9.80. The quantitative estimate of drug-likeness (QED) is 0.439. The third-order valence-electron chi connectivity index (χ3n) is 8.45. The van der Waals surface area contributed by atoms with Gasteiger partial charge in [0.15, 0.2) is 0 Å². The van der Waals surface area contributed by atoms with Gasteiger partial charge in [0, 0.05) is 0 Å². The molecule has 0 aromatic heterocycles. The zero-order valence-corrected chi connectivity index (χ0v) is 16.9. The molecule has 0 radical (unpaired) electrons. The lowest BCUT2D eigenvalue weighted by molar-refractivity contribution is -0.0167. The Morgan fingerprint density at radius 3 is 2.40 bits per heavy atom. The Kier molecular flexibility index (Phi) is 6.87. The van der Waals surface area contributed by atoms with E-state index < -0.39 is 0 Å². The minimum atomic E-state index is 0.0314. The predicted octanol–water partition coefficient (Wildman–Crippen LogP) is 7.51. The number of fused-ring (bicyclic) bond motifs is 3. The van der Waals surface area contributed by atoms with E-state index in [1.165, 1.54) is 83.5 Å². The molecule has 142 valence electrons. The van der Waals surface area contributed by atoms with Crippen LogP contribution >= 0.6 is 0 Å². The molecule has 25 heavy (non-hydrogen) atoms. The number of rotatable bonds is 7. The van der Waals surface area contributed by atoms with Crippen LogP contribution in [0.3, 0.4) is 0 Å². The van der Waals surface area contributed by atoms with Crippen molar-refractivity contribution in [3.05, 3.63) is 0 Å². The molecule has 3 aliphatic carbocycles. The highest BCUT2D eigenvalue weighted by molar-refractivity contribution is 5.05. The molecule has 0 amide bonds. The Hall–Kier alpha value is -0.510. The molecule has 3 fully saturated rings. The first kappa shape index (κ1) is 19.3. The van der Waals surface area contributed by atoms with Crippen LogP contribution in [0.25, 0.3) is 0 Å². The van der Waals surface area contributed by atoms with Crippen LogP contribution in [-0.2, 0) is 0 Å². The van der Waals surface area contributed by atoms with E-state index in [1.54, 1.807) is 6.42 Å². The summed E-state index contributed by atoms with van der Waals surface area (Å²) >= 11 is 0. The Labute approximate surface area is 157 Å². The highest BCUT2D eigenvalue weighted by atomic mass is 14.5. The smallest absolute Gasteiger partial charge is 0.0689 e. The Morgan fingerprint density at radius 1 is 0.880 bits per heavy atom. The molecule has 1 nitrogen and oxygen atoms in total. The summed E-state index contributed by atoms with van der Waals surface area (Å²) in [6.07, 6.45) is 21.0. The summed E-state index contributed by atoms with van der Waals surface area (Å²) in [7, 11) is 0. The molecule has 1 heteroatoms. The number of hydrogen-bond donors (Lipinski definition) is 0. The van der Waals surface area contributed by atoms with E-state index in [0.29, 0.717) is 0 Å². The SMILES string of the molecule is CCCCCCC[C@@H]1CCC2C(CCC3C[C@](C#N)(CC)CCC32)C1. The molecular weight excluding hydrogens is 302 g/mol. The van der Waals surface area contributed by atoms with Gasteiger partial charge >= 0.3 is 0 Å². The van der Waals surface area contributed by atoms with Crippen LogP contribution in [0.5, 0.6) is 0 Å². The minimum absolute atomic E-state index is 0.0314. The van der Waals surface area contributed by atoms with Crippen molar-refractivity contribution in [2.24, 2.45) is 35.0 Å². The summed E-state index contributed by atoms with van der Waals surface area (Å²) in [5, 5.41) is 9.69. The summed E-state index contributed by atoms with van der Waals surface area (Å²) in [6.45, 7) is 4.55. The van der Waals surface area contributed by atoms with Crippen LogP contribution in [0.1, 0.15) is 110 Å². The van der Waals surface area contributed by atoms with Gasteiger partial charge in [-0.15, -0.1) is 0 Å². The standard InChI is InChI=1S/C24H41N/c1-3-5-6-7-8-9-19-10-13-22-20(16-19)11-12-21-17-24(4-2,18-25)15-14-23(21)22/h19-23H,3-17H2,1-2H3/t19-,20?,21?,22?,23?,24+/m1/s1. The maximum atomic E-state index is 9.69. The summed E-state index contributed by atoms with van der Waals surface area (Å²) in [5.41, 5.74) is 0.0314. The van der Waals surface area contributed by atoms with Gasteiger partial charge in [-0.25, -0.2) is 0 Å². The molecule has 0 saturated heterocycles. The van der Waals surface area contributed by atoms with Crippen molar-refractivity contribution in [3.8, 4) is 6.07 Å². The van der Waals surface area contributed by atoms with Crippen LogP contribution < -0.4 is 0 Å². The number of nitrogens with zero attached hydrogens (tertiary/aromatic N) is 1. The first-order valence-electron chi connectivity index (χ1n) is 11.6. The molecule has 3 aliphatic rings. The van der Waals surface area contributed by atoms with Crippen molar-refractivity contribution < 1.29 is 0 Å². The Bertz CT molecular complexity index is 450. The maximum Gasteiger partial charge on any atom is 0.0689 e. The van der Waals surface area contributed by atoms with E-state index in [9.17, 15) is 5.26 Å². The van der Waals surface area contributed by atoms with Crippen molar-refractivity contribution in [3.63, 3.8) is 0 Å². The summed E-state index contributed by atoms with van der Waals surface area (Å²) < 4.78 is 0. The van der Waals surface area contributed by atoms with E-state index >= 15 is 0 Å². The Morgan fingerprint density at radius 2 is 1.64 bits per heavy atom. The monoisotopic (exact) mass is 343 g/mol. The minimum Gasteiger partial charge on any atom is -0.198 e. The van der Waals surface area contributed by atoms with Gasteiger partial charge in [-0.05, 0) is 81.0 Å². The molecule has 0 bridgehead atoms. The van der Waals surface area contributed by atoms with Crippen molar-refractivity contribution in [1.29, 1.82) is 5.26 Å². The molecule has 6 atom stereocenters. The van der Waals surface area contributed by atoms with Gasteiger partial charge in [0.2, 0.25) is 0 Å². The summed E-state index contributed by atoms with van der Waals surface area (Å²) in [6, 6.07) is 2.72. The van der Waals surface area contributed by atoms with Crippen LogP contribution in [0.4, 0.5) is 0 Å². The van der Waals surface area contributed by atoms with Gasteiger partial charge in [0.1, 0.15) is 0 Å². The highest BCUT2D eigenvalue weighted by Gasteiger charge is 2.48. The normalized spacial score (nSPS) is 40.8. The fraction of sp³-hybridized carbons (Fsp3) is 0.958. The fourth-order valence-electron chi connectivity index (χ4n) is 6.82. The van der Waals surface area contributed by atoms with Crippen LogP contribution in [0.2, 0.25) is 0 Å². The zero-order valence-electron chi connectivity index (χ0n) is 16.9. The second-order valence-electron chi connectivity index (χ2n) is 9.80. The lowest BCUT2D eigenvalue weighted by atomic mass is 9.52. The zero-order chi connectivity index (χ0) is 17.7. The lowest BCUT2D eigenvalue weighted by Gasteiger charge is -2.52. The van der Waals surface area contributed by atoms with E-state index in [1.807, 2.05) is 0 Å². The van der Waals surface area contributed by atoms with Crippen LogP contribution in [-0.4, -0.2) is 0 Å². The van der Waals surface area contributed by atoms with E-state index in [2.05, 4.69) is 19.9 Å². The fourth-order valence-corrected chi connectivity index (χ4v) is 6.82. The molecule has 3 saturated carbocycles. The average Bonchev–Trinajstić information content (AvgIpc) is 2.67. The number of unbranched alkanes of at least 4 members (excludes halogenated alkanes) is 4. The number of hydrogen-bond acceptors (Lipinski definition) is 1. The Balaban J connectivity index is 1.48. The maximum absolute atomic E-state index is 9.69. The van der Waals surface area contributed by atoms with Crippen molar-refractivity contribution in [1.82, 2.24) is 0 Å². The molecule has 0 heterocycles. The largest absolute Gasteiger partial charge is 0.198 e. The van der Waals surface area contributed by atoms with Gasteiger partial charge in [0.25, 0.3) is 0 Å². The van der Waals surface area contributed by atoms with Crippen LogP contribution in [0.15, 0.2) is 0 Å². The number of nitriles is 1. The highest BCUT2D eigenvalue weighted by Crippen LogP contribution is 2.56. The third-order valence-corrected chi connectivity index (χ3v) is 8.45. The molecule has 3 rings (SSSR count). The summed E-state index contributed by atoms with van der Waals surface area (Å²) in [5.74, 6) is 4.94. The predicted molar refractivity (Wildman–Crippen MR) is 106 cm³/mol. The van der Waals surface area contributed by atoms with Crippen molar-refractivity contribution >= 4 is 0 Å². The molecule has 0 aliphatic heterocycles. The van der Waals surface area contributed by atoms with E-state index in [4.69, 9.17) is 0 Å². The van der Waals surface area contributed by atoms with E-state index in [0.717, 1.165) is 36.0 Å². The molecule has 0 spiro atoms. The van der Waals surface area contributed by atoms with Gasteiger partial charge < -0.3 is 0 Å². The second kappa shape index (κ2) is 8.92. The first-order chi connectivity index (χ1) is 12.2. The molecule has 4 unspecified atom stereocenters. The topological polar surface area (TPSA) is 23.8 Å². The average molecular weight is 344 g/mol.